The van der Waals surface area contributed by atoms with Crippen LogP contribution in [-0.4, -0.2) is 0 Å². The summed E-state index contributed by atoms with van der Waals surface area (Å²) < 4.78 is 6.21. The van der Waals surface area contributed by atoms with Crippen LogP contribution in [0.15, 0.2) is 12.1 Å². The lowest BCUT2D eigenvalue weighted by atomic mass is 9.72. The highest BCUT2D eigenvalue weighted by atomic mass is 16.5. The maximum Gasteiger partial charge on any atom is 0.0841 e. The molecular formula is C18H26O. The van der Waals surface area contributed by atoms with Gasteiger partial charge in [-0.3, -0.25) is 0 Å². The average Bonchev–Trinajstić information content (AvgIpc) is 2.85. The molecule has 0 amide bonds. The Morgan fingerprint density at radius 2 is 1.16 bits per heavy atom. The molecule has 0 N–H and O–H groups in total. The van der Waals surface area contributed by atoms with Crippen molar-refractivity contribution in [3.05, 3.63) is 34.4 Å². The molecule has 2 unspecified atom stereocenters. The molecule has 1 fully saturated rings. The molecular weight excluding hydrogens is 232 g/mol. The topological polar surface area (TPSA) is 9.23 Å². The molecule has 1 aromatic carbocycles. The molecule has 1 saturated heterocycles. The summed E-state index contributed by atoms with van der Waals surface area (Å²) in [5, 5.41) is 0. The van der Waals surface area contributed by atoms with Gasteiger partial charge in [-0.1, -0.05) is 53.7 Å². The predicted molar refractivity (Wildman–Crippen MR) is 79.6 cm³/mol. The zero-order chi connectivity index (χ0) is 14.0. The maximum absolute atomic E-state index is 6.21. The first-order chi connectivity index (χ1) is 8.69. The summed E-state index contributed by atoms with van der Waals surface area (Å²) >= 11 is 0. The van der Waals surface area contributed by atoms with E-state index < -0.39 is 0 Å². The van der Waals surface area contributed by atoms with Gasteiger partial charge in [0.25, 0.3) is 0 Å². The smallest absolute Gasteiger partial charge is 0.0841 e. The molecule has 2 atom stereocenters. The molecule has 2 bridgehead atoms. The normalized spacial score (nSPS) is 25.8. The molecule has 104 valence electrons. The van der Waals surface area contributed by atoms with E-state index >= 15 is 0 Å². The van der Waals surface area contributed by atoms with Crippen LogP contribution < -0.4 is 0 Å². The van der Waals surface area contributed by atoms with E-state index in [1.807, 2.05) is 0 Å². The molecule has 1 aromatic rings. The van der Waals surface area contributed by atoms with Crippen LogP contribution in [0.25, 0.3) is 0 Å². The number of hydrogen-bond donors (Lipinski definition) is 0. The molecule has 1 heteroatoms. The number of ether oxygens (including phenoxy) is 1. The van der Waals surface area contributed by atoms with Crippen molar-refractivity contribution in [1.82, 2.24) is 0 Å². The van der Waals surface area contributed by atoms with Crippen molar-refractivity contribution in [2.24, 2.45) is 0 Å². The Labute approximate surface area is 117 Å². The van der Waals surface area contributed by atoms with Gasteiger partial charge in [0, 0.05) is 0 Å². The van der Waals surface area contributed by atoms with Crippen molar-refractivity contribution in [2.75, 3.05) is 0 Å². The third kappa shape index (κ3) is 1.94. The van der Waals surface area contributed by atoms with Gasteiger partial charge in [-0.05, 0) is 45.9 Å². The van der Waals surface area contributed by atoms with Crippen LogP contribution in [-0.2, 0) is 15.6 Å². The van der Waals surface area contributed by atoms with Crippen molar-refractivity contribution < 1.29 is 4.74 Å². The Balaban J connectivity index is 2.26. The average molecular weight is 258 g/mol. The fraction of sp³-hybridized carbons (Fsp3) is 0.667. The van der Waals surface area contributed by atoms with Crippen molar-refractivity contribution in [1.29, 1.82) is 0 Å². The molecule has 0 saturated carbocycles. The van der Waals surface area contributed by atoms with Crippen LogP contribution >= 0.6 is 0 Å². The molecule has 0 aromatic heterocycles. The fourth-order valence-electron chi connectivity index (χ4n) is 3.70. The first kappa shape index (κ1) is 13.2. The van der Waals surface area contributed by atoms with Gasteiger partial charge in [-0.25, -0.2) is 0 Å². The standard InChI is InChI=1S/C18H26O/c1-17(2,3)11-7-8-12(18(4,5)6)16-14-10-9-13(19-14)15(11)16/h7-8,13-14H,9-10H2,1-6H3. The van der Waals surface area contributed by atoms with Gasteiger partial charge in [-0.15, -0.1) is 0 Å². The summed E-state index contributed by atoms with van der Waals surface area (Å²) in [7, 11) is 0. The van der Waals surface area contributed by atoms with Crippen LogP contribution in [0.1, 0.15) is 88.8 Å². The molecule has 0 aliphatic carbocycles. The van der Waals surface area contributed by atoms with Crippen LogP contribution in [0.2, 0.25) is 0 Å². The minimum Gasteiger partial charge on any atom is -0.366 e. The van der Waals surface area contributed by atoms with Gasteiger partial charge >= 0.3 is 0 Å². The first-order valence-corrected chi connectivity index (χ1v) is 7.53. The van der Waals surface area contributed by atoms with Gasteiger partial charge in [0.15, 0.2) is 0 Å². The predicted octanol–water partition coefficient (Wildman–Crippen LogP) is 5.19. The Kier molecular flexibility index (Phi) is 2.67. The second kappa shape index (κ2) is 3.85. The minimum absolute atomic E-state index is 0.203. The Bertz CT molecular complexity index is 467. The van der Waals surface area contributed by atoms with E-state index in [0.717, 1.165) is 0 Å². The van der Waals surface area contributed by atoms with Gasteiger partial charge in [0.2, 0.25) is 0 Å². The summed E-state index contributed by atoms with van der Waals surface area (Å²) in [6.45, 7) is 13.9. The van der Waals surface area contributed by atoms with E-state index in [2.05, 4.69) is 53.7 Å². The highest BCUT2D eigenvalue weighted by Crippen LogP contribution is 2.55. The molecule has 1 nitrogen and oxygen atoms in total. The summed E-state index contributed by atoms with van der Waals surface area (Å²) in [5.74, 6) is 0. The van der Waals surface area contributed by atoms with Crippen LogP contribution in [0.3, 0.4) is 0 Å². The zero-order valence-corrected chi connectivity index (χ0v) is 13.1. The van der Waals surface area contributed by atoms with E-state index in [1.54, 1.807) is 0 Å². The zero-order valence-electron chi connectivity index (χ0n) is 13.1. The quantitative estimate of drug-likeness (QED) is 0.622. The molecule has 3 rings (SSSR count). The lowest BCUT2D eigenvalue weighted by Gasteiger charge is -2.31. The third-order valence-electron chi connectivity index (χ3n) is 4.57. The summed E-state index contributed by atoms with van der Waals surface area (Å²) in [6.07, 6.45) is 3.12. The first-order valence-electron chi connectivity index (χ1n) is 7.53. The molecule has 2 heterocycles. The third-order valence-corrected chi connectivity index (χ3v) is 4.57. The fourth-order valence-corrected chi connectivity index (χ4v) is 3.70. The van der Waals surface area contributed by atoms with E-state index in [4.69, 9.17) is 4.74 Å². The Morgan fingerprint density at radius 1 is 0.789 bits per heavy atom. The largest absolute Gasteiger partial charge is 0.366 e. The van der Waals surface area contributed by atoms with Crippen molar-refractivity contribution in [3.8, 4) is 0 Å². The number of benzene rings is 1. The van der Waals surface area contributed by atoms with E-state index in [0.29, 0.717) is 12.2 Å². The van der Waals surface area contributed by atoms with Crippen LogP contribution in [0.4, 0.5) is 0 Å². The molecule has 0 radical (unpaired) electrons. The second-order valence-electron chi connectivity index (χ2n) is 8.18. The van der Waals surface area contributed by atoms with Crippen molar-refractivity contribution >= 4 is 0 Å². The number of hydrogen-bond acceptors (Lipinski definition) is 1. The number of rotatable bonds is 0. The Morgan fingerprint density at radius 3 is 1.47 bits per heavy atom. The van der Waals surface area contributed by atoms with Gasteiger partial charge in [0.1, 0.15) is 0 Å². The maximum atomic E-state index is 6.21. The molecule has 2 aliphatic heterocycles. The SMILES string of the molecule is CC(C)(C)c1ccc(C(C)(C)C)c2c1C1CCC2O1. The van der Waals surface area contributed by atoms with Gasteiger partial charge < -0.3 is 4.74 Å². The monoisotopic (exact) mass is 258 g/mol. The van der Waals surface area contributed by atoms with Gasteiger partial charge in [-0.2, -0.15) is 0 Å². The molecule has 2 aliphatic rings. The number of fused-ring (bicyclic) bond motifs is 5. The van der Waals surface area contributed by atoms with Crippen LogP contribution in [0, 0.1) is 0 Å². The van der Waals surface area contributed by atoms with Gasteiger partial charge in [0.05, 0.1) is 12.2 Å². The summed E-state index contributed by atoms with van der Waals surface area (Å²) in [5.41, 5.74) is 6.43. The minimum atomic E-state index is 0.203. The second-order valence-corrected chi connectivity index (χ2v) is 8.18. The summed E-state index contributed by atoms with van der Waals surface area (Å²) in [6, 6.07) is 4.70. The van der Waals surface area contributed by atoms with E-state index in [9.17, 15) is 0 Å². The lowest BCUT2D eigenvalue weighted by Crippen LogP contribution is -2.21. The summed E-state index contributed by atoms with van der Waals surface area (Å²) in [4.78, 5) is 0. The molecule has 0 spiro atoms. The van der Waals surface area contributed by atoms with E-state index in [-0.39, 0.29) is 10.8 Å². The van der Waals surface area contributed by atoms with Crippen LogP contribution in [0.5, 0.6) is 0 Å². The molecule has 19 heavy (non-hydrogen) atoms. The van der Waals surface area contributed by atoms with E-state index in [1.165, 1.54) is 35.1 Å². The highest BCUT2D eigenvalue weighted by molar-refractivity contribution is 5.52. The highest BCUT2D eigenvalue weighted by Gasteiger charge is 2.43. The Hall–Kier alpha value is -0.820. The van der Waals surface area contributed by atoms with Crippen molar-refractivity contribution in [2.45, 2.75) is 77.4 Å². The van der Waals surface area contributed by atoms with Crippen molar-refractivity contribution in [3.63, 3.8) is 0 Å². The lowest BCUT2D eigenvalue weighted by molar-refractivity contribution is 0.0706.